The van der Waals surface area contributed by atoms with Crippen molar-refractivity contribution in [1.29, 1.82) is 0 Å². The monoisotopic (exact) mass is 315 g/mol. The van der Waals surface area contributed by atoms with Crippen molar-refractivity contribution in [2.45, 2.75) is 13.0 Å². The maximum Gasteiger partial charge on any atom is 0.321 e. The highest BCUT2D eigenvalue weighted by Crippen LogP contribution is 2.26. The number of halogens is 1. The van der Waals surface area contributed by atoms with E-state index in [9.17, 15) is 9.59 Å². The van der Waals surface area contributed by atoms with Crippen molar-refractivity contribution in [3.05, 3.63) is 22.7 Å². The average molecular weight is 316 g/mol. The quantitative estimate of drug-likeness (QED) is 0.732. The number of carbonyl (C=O) groups excluding carboxylic acids is 2. The topological polar surface area (TPSA) is 93.5 Å². The van der Waals surface area contributed by atoms with E-state index < -0.39 is 18.0 Å². The molecule has 1 rings (SSSR count). The second-order valence-electron chi connectivity index (χ2n) is 3.51. The Morgan fingerprint density at radius 2 is 2.11 bits per heavy atom. The summed E-state index contributed by atoms with van der Waals surface area (Å²) in [6.45, 7) is 1.53. The van der Waals surface area contributed by atoms with E-state index >= 15 is 0 Å². The zero-order chi connectivity index (χ0) is 13.7. The summed E-state index contributed by atoms with van der Waals surface area (Å²) in [6.07, 6.45) is -0.828. The van der Waals surface area contributed by atoms with Crippen LogP contribution in [0.4, 0.5) is 10.5 Å². The van der Waals surface area contributed by atoms with Crippen LogP contribution < -0.4 is 21.1 Å². The smallest absolute Gasteiger partial charge is 0.321 e. The molecule has 4 N–H and O–H groups in total. The minimum Gasteiger partial charge on any atom is -0.479 e. The SMILES string of the molecule is CNC(=O)NC(=O)C(C)Oc1ccc(Br)cc1N. The van der Waals surface area contributed by atoms with Gasteiger partial charge in [-0.25, -0.2) is 4.79 Å². The average Bonchev–Trinajstić information content (AvgIpc) is 2.32. The van der Waals surface area contributed by atoms with Gasteiger partial charge in [-0.15, -0.1) is 0 Å². The van der Waals surface area contributed by atoms with Gasteiger partial charge in [-0.2, -0.15) is 0 Å². The van der Waals surface area contributed by atoms with Gasteiger partial charge in [0.05, 0.1) is 5.69 Å². The van der Waals surface area contributed by atoms with Gasteiger partial charge in [0.15, 0.2) is 6.10 Å². The summed E-state index contributed by atoms with van der Waals surface area (Å²) in [7, 11) is 1.42. The first kappa shape index (κ1) is 14.3. The fourth-order valence-electron chi connectivity index (χ4n) is 1.15. The highest BCUT2D eigenvalue weighted by atomic mass is 79.9. The van der Waals surface area contributed by atoms with Gasteiger partial charge in [0.1, 0.15) is 5.75 Å². The van der Waals surface area contributed by atoms with Crippen LogP contribution in [-0.4, -0.2) is 25.1 Å². The summed E-state index contributed by atoms with van der Waals surface area (Å²) in [6, 6.07) is 4.47. The van der Waals surface area contributed by atoms with E-state index in [1.807, 2.05) is 0 Å². The lowest BCUT2D eigenvalue weighted by atomic mass is 10.3. The summed E-state index contributed by atoms with van der Waals surface area (Å²) in [5.74, 6) is -0.158. The van der Waals surface area contributed by atoms with Gasteiger partial charge in [-0.3, -0.25) is 10.1 Å². The molecule has 0 radical (unpaired) electrons. The number of rotatable bonds is 3. The van der Waals surface area contributed by atoms with E-state index in [1.54, 1.807) is 18.2 Å². The zero-order valence-electron chi connectivity index (χ0n) is 9.99. The van der Waals surface area contributed by atoms with E-state index in [0.29, 0.717) is 11.4 Å². The Bertz CT molecular complexity index is 465. The van der Waals surface area contributed by atoms with Crippen molar-refractivity contribution >= 4 is 33.6 Å². The number of urea groups is 1. The summed E-state index contributed by atoms with van der Waals surface area (Å²) in [4.78, 5) is 22.5. The number of nitrogens with two attached hydrogens (primary N) is 1. The maximum absolute atomic E-state index is 11.5. The second-order valence-corrected chi connectivity index (χ2v) is 4.43. The van der Waals surface area contributed by atoms with Gasteiger partial charge in [0, 0.05) is 11.5 Å². The molecule has 6 nitrogen and oxygen atoms in total. The number of imide groups is 1. The van der Waals surface area contributed by atoms with E-state index in [4.69, 9.17) is 10.5 Å². The molecule has 0 aliphatic rings. The minimum atomic E-state index is -0.828. The first-order chi connectivity index (χ1) is 8.43. The van der Waals surface area contributed by atoms with Gasteiger partial charge in [-0.1, -0.05) is 15.9 Å². The maximum atomic E-state index is 11.5. The lowest BCUT2D eigenvalue weighted by molar-refractivity contribution is -0.126. The third-order valence-electron chi connectivity index (χ3n) is 2.11. The fourth-order valence-corrected chi connectivity index (χ4v) is 1.53. The summed E-state index contributed by atoms with van der Waals surface area (Å²) >= 11 is 3.27. The van der Waals surface area contributed by atoms with E-state index in [2.05, 4.69) is 26.6 Å². The Morgan fingerprint density at radius 1 is 1.44 bits per heavy atom. The Hall–Kier alpha value is -1.76. The van der Waals surface area contributed by atoms with Gasteiger partial charge in [-0.05, 0) is 25.1 Å². The molecule has 1 aromatic rings. The number of hydrogen-bond acceptors (Lipinski definition) is 4. The van der Waals surface area contributed by atoms with Crippen LogP contribution in [0.5, 0.6) is 5.75 Å². The van der Waals surface area contributed by atoms with E-state index in [1.165, 1.54) is 14.0 Å². The highest BCUT2D eigenvalue weighted by molar-refractivity contribution is 9.10. The molecule has 0 spiro atoms. The fraction of sp³-hybridized carbons (Fsp3) is 0.273. The number of ether oxygens (including phenoxy) is 1. The highest BCUT2D eigenvalue weighted by Gasteiger charge is 2.17. The minimum absolute atomic E-state index is 0.387. The number of nitrogen functional groups attached to an aromatic ring is 1. The number of anilines is 1. The predicted octanol–water partition coefficient (Wildman–Crippen LogP) is 1.25. The molecule has 1 atom stereocenters. The van der Waals surface area contributed by atoms with Crippen LogP contribution in [0.25, 0.3) is 0 Å². The van der Waals surface area contributed by atoms with Crippen molar-refractivity contribution in [2.75, 3.05) is 12.8 Å². The molecular formula is C11H14BrN3O3. The molecule has 1 unspecified atom stereocenters. The van der Waals surface area contributed by atoms with Crippen molar-refractivity contribution < 1.29 is 14.3 Å². The van der Waals surface area contributed by atoms with Crippen molar-refractivity contribution in [1.82, 2.24) is 10.6 Å². The molecule has 18 heavy (non-hydrogen) atoms. The third kappa shape index (κ3) is 3.92. The van der Waals surface area contributed by atoms with Crippen LogP contribution in [0, 0.1) is 0 Å². The molecule has 98 valence electrons. The summed E-state index contributed by atoms with van der Waals surface area (Å²) in [5.41, 5.74) is 6.14. The Morgan fingerprint density at radius 3 is 2.67 bits per heavy atom. The molecule has 0 aromatic heterocycles. The molecule has 0 bridgehead atoms. The number of benzene rings is 1. The second kappa shape index (κ2) is 6.25. The molecule has 0 fully saturated rings. The standard InChI is InChI=1S/C11H14BrN3O3/c1-6(10(16)15-11(17)14-2)18-9-4-3-7(12)5-8(9)13/h3-6H,13H2,1-2H3,(H2,14,15,16,17). The van der Waals surface area contributed by atoms with Crippen LogP contribution in [0.3, 0.4) is 0 Å². The van der Waals surface area contributed by atoms with Gasteiger partial charge >= 0.3 is 6.03 Å². The first-order valence-electron chi connectivity index (χ1n) is 5.18. The Balaban J connectivity index is 2.66. The van der Waals surface area contributed by atoms with Gasteiger partial charge in [0.25, 0.3) is 5.91 Å². The normalized spacial score (nSPS) is 11.5. The molecule has 0 heterocycles. The van der Waals surface area contributed by atoms with Crippen molar-refractivity contribution in [2.24, 2.45) is 0 Å². The van der Waals surface area contributed by atoms with Gasteiger partial charge < -0.3 is 15.8 Å². The molecule has 1 aromatic carbocycles. The van der Waals surface area contributed by atoms with Crippen LogP contribution >= 0.6 is 15.9 Å². The van der Waals surface area contributed by atoms with Crippen molar-refractivity contribution in [3.8, 4) is 5.75 Å². The number of hydrogen-bond donors (Lipinski definition) is 3. The first-order valence-corrected chi connectivity index (χ1v) is 5.97. The Labute approximate surface area is 113 Å². The van der Waals surface area contributed by atoms with E-state index in [0.717, 1.165) is 4.47 Å². The van der Waals surface area contributed by atoms with Crippen LogP contribution in [0.15, 0.2) is 22.7 Å². The van der Waals surface area contributed by atoms with Gasteiger partial charge in [0.2, 0.25) is 0 Å². The summed E-state index contributed by atoms with van der Waals surface area (Å²) in [5, 5.41) is 4.39. The van der Waals surface area contributed by atoms with Crippen molar-refractivity contribution in [3.63, 3.8) is 0 Å². The van der Waals surface area contributed by atoms with Crippen LogP contribution in [-0.2, 0) is 4.79 Å². The predicted molar refractivity (Wildman–Crippen MR) is 71.2 cm³/mol. The molecule has 3 amide bonds. The molecular weight excluding hydrogens is 302 g/mol. The number of carbonyl (C=O) groups is 2. The number of nitrogens with one attached hydrogen (secondary N) is 2. The number of amides is 3. The third-order valence-corrected chi connectivity index (χ3v) is 2.60. The Kier molecular flexibility index (Phi) is 4.96. The molecule has 0 saturated carbocycles. The molecule has 0 saturated heterocycles. The van der Waals surface area contributed by atoms with E-state index in [-0.39, 0.29) is 0 Å². The molecule has 0 aliphatic heterocycles. The lowest BCUT2D eigenvalue weighted by Gasteiger charge is -2.15. The molecule has 0 aliphatic carbocycles. The zero-order valence-corrected chi connectivity index (χ0v) is 11.6. The van der Waals surface area contributed by atoms with Crippen LogP contribution in [0.2, 0.25) is 0 Å². The largest absolute Gasteiger partial charge is 0.479 e. The molecule has 7 heteroatoms. The van der Waals surface area contributed by atoms with Crippen LogP contribution in [0.1, 0.15) is 6.92 Å². The summed E-state index contributed by atoms with van der Waals surface area (Å²) < 4.78 is 6.18. The lowest BCUT2D eigenvalue weighted by Crippen LogP contribution is -2.44.